The maximum atomic E-state index is 11.6. The van der Waals surface area contributed by atoms with Crippen molar-refractivity contribution in [3.8, 4) is 0 Å². The second-order valence-electron chi connectivity index (χ2n) is 4.99. The predicted octanol–water partition coefficient (Wildman–Crippen LogP) is 1.12. The van der Waals surface area contributed by atoms with Gasteiger partial charge in [-0.2, -0.15) is 0 Å². The number of hydrogen-bond acceptors (Lipinski definition) is 4. The SMILES string of the molecule is CNC(C)(CN(C)CCC(C)C)C(=O)OC. The van der Waals surface area contributed by atoms with Gasteiger partial charge in [-0.15, -0.1) is 0 Å². The third kappa shape index (κ3) is 4.94. The zero-order valence-corrected chi connectivity index (χ0v) is 11.5. The lowest BCUT2D eigenvalue weighted by molar-refractivity contribution is -0.148. The molecule has 0 spiro atoms. The fraction of sp³-hybridized carbons (Fsp3) is 0.917. The van der Waals surface area contributed by atoms with E-state index in [1.54, 1.807) is 7.05 Å². The van der Waals surface area contributed by atoms with Gasteiger partial charge in [0.1, 0.15) is 5.54 Å². The highest BCUT2D eigenvalue weighted by Crippen LogP contribution is 2.09. The first-order valence-electron chi connectivity index (χ1n) is 5.81. The Morgan fingerprint density at radius 3 is 2.44 bits per heavy atom. The number of ether oxygens (including phenoxy) is 1. The predicted molar refractivity (Wildman–Crippen MR) is 66.4 cm³/mol. The molecule has 0 rings (SSSR count). The van der Waals surface area contributed by atoms with E-state index in [0.717, 1.165) is 13.0 Å². The van der Waals surface area contributed by atoms with Crippen molar-refractivity contribution in [1.29, 1.82) is 0 Å². The molecule has 0 fully saturated rings. The van der Waals surface area contributed by atoms with Crippen LogP contribution >= 0.6 is 0 Å². The van der Waals surface area contributed by atoms with Gasteiger partial charge in [0, 0.05) is 6.54 Å². The lowest BCUT2D eigenvalue weighted by Gasteiger charge is -2.31. The van der Waals surface area contributed by atoms with Crippen molar-refractivity contribution in [2.75, 3.05) is 34.3 Å². The Morgan fingerprint density at radius 1 is 1.50 bits per heavy atom. The van der Waals surface area contributed by atoms with Gasteiger partial charge in [0.25, 0.3) is 0 Å². The number of carbonyl (C=O) groups excluding carboxylic acids is 1. The lowest BCUT2D eigenvalue weighted by Crippen LogP contribution is -2.55. The molecule has 0 amide bonds. The highest BCUT2D eigenvalue weighted by molar-refractivity contribution is 5.80. The summed E-state index contributed by atoms with van der Waals surface area (Å²) in [7, 11) is 5.24. The third-order valence-electron chi connectivity index (χ3n) is 2.86. The molecule has 4 nitrogen and oxygen atoms in total. The van der Waals surface area contributed by atoms with Gasteiger partial charge in [-0.3, -0.25) is 4.79 Å². The van der Waals surface area contributed by atoms with Gasteiger partial charge in [-0.25, -0.2) is 0 Å². The first-order valence-corrected chi connectivity index (χ1v) is 5.81. The van der Waals surface area contributed by atoms with Crippen molar-refractivity contribution in [1.82, 2.24) is 10.2 Å². The van der Waals surface area contributed by atoms with Crippen LogP contribution in [-0.2, 0) is 9.53 Å². The number of rotatable bonds is 7. The number of nitrogens with zero attached hydrogens (tertiary/aromatic N) is 1. The van der Waals surface area contributed by atoms with Crippen LogP contribution < -0.4 is 5.32 Å². The number of likely N-dealkylation sites (N-methyl/N-ethyl adjacent to an activating group) is 2. The van der Waals surface area contributed by atoms with E-state index in [0.29, 0.717) is 12.5 Å². The van der Waals surface area contributed by atoms with Gasteiger partial charge < -0.3 is 15.0 Å². The first-order chi connectivity index (χ1) is 7.35. The first kappa shape index (κ1) is 15.4. The maximum Gasteiger partial charge on any atom is 0.327 e. The molecular formula is C12H26N2O2. The van der Waals surface area contributed by atoms with Crippen LogP contribution in [0.25, 0.3) is 0 Å². The van der Waals surface area contributed by atoms with E-state index in [4.69, 9.17) is 4.74 Å². The summed E-state index contributed by atoms with van der Waals surface area (Å²) in [6.07, 6.45) is 1.14. The minimum absolute atomic E-state index is 0.216. The highest BCUT2D eigenvalue weighted by Gasteiger charge is 2.33. The number of methoxy groups -OCH3 is 1. The maximum absolute atomic E-state index is 11.6. The summed E-state index contributed by atoms with van der Waals surface area (Å²) in [5.74, 6) is 0.466. The van der Waals surface area contributed by atoms with Crippen LogP contribution in [0, 0.1) is 5.92 Å². The van der Waals surface area contributed by atoms with Gasteiger partial charge in [0.2, 0.25) is 0 Å². The van der Waals surface area contributed by atoms with Crippen LogP contribution in [0.1, 0.15) is 27.2 Å². The lowest BCUT2D eigenvalue weighted by atomic mass is 10.0. The van der Waals surface area contributed by atoms with Crippen molar-refractivity contribution in [2.24, 2.45) is 5.92 Å². The molecule has 0 aliphatic heterocycles. The fourth-order valence-corrected chi connectivity index (χ4v) is 1.57. The second-order valence-corrected chi connectivity index (χ2v) is 4.99. The smallest absolute Gasteiger partial charge is 0.327 e. The second kappa shape index (κ2) is 6.86. The van der Waals surface area contributed by atoms with E-state index >= 15 is 0 Å². The molecule has 0 aliphatic carbocycles. The van der Waals surface area contributed by atoms with Gasteiger partial charge >= 0.3 is 5.97 Å². The van der Waals surface area contributed by atoms with Crippen LogP contribution in [-0.4, -0.2) is 50.7 Å². The topological polar surface area (TPSA) is 41.6 Å². The Morgan fingerprint density at radius 2 is 2.06 bits per heavy atom. The molecule has 0 radical (unpaired) electrons. The van der Waals surface area contributed by atoms with E-state index in [1.807, 2.05) is 14.0 Å². The number of carbonyl (C=O) groups is 1. The Balaban J connectivity index is 4.25. The summed E-state index contributed by atoms with van der Waals surface area (Å²) in [4.78, 5) is 13.8. The normalized spacial score (nSPS) is 15.2. The van der Waals surface area contributed by atoms with Crippen molar-refractivity contribution >= 4 is 5.97 Å². The van der Waals surface area contributed by atoms with Crippen LogP contribution in [0.4, 0.5) is 0 Å². The summed E-state index contributed by atoms with van der Waals surface area (Å²) in [6, 6.07) is 0. The molecule has 16 heavy (non-hydrogen) atoms. The van der Waals surface area contributed by atoms with Gasteiger partial charge in [-0.05, 0) is 39.9 Å². The molecule has 1 N–H and O–H groups in total. The van der Waals surface area contributed by atoms with Crippen LogP contribution in [0.2, 0.25) is 0 Å². The average molecular weight is 230 g/mol. The average Bonchev–Trinajstić information content (AvgIpc) is 2.24. The van der Waals surface area contributed by atoms with Crippen LogP contribution in [0.5, 0.6) is 0 Å². The number of esters is 1. The van der Waals surface area contributed by atoms with Gasteiger partial charge in [0.15, 0.2) is 0 Å². The van der Waals surface area contributed by atoms with Gasteiger partial charge in [-0.1, -0.05) is 13.8 Å². The van der Waals surface area contributed by atoms with Crippen LogP contribution in [0.3, 0.4) is 0 Å². The van der Waals surface area contributed by atoms with Crippen molar-refractivity contribution < 1.29 is 9.53 Å². The summed E-state index contributed by atoms with van der Waals surface area (Å²) in [5.41, 5.74) is -0.625. The Kier molecular flexibility index (Phi) is 6.60. The molecule has 1 atom stereocenters. The Hall–Kier alpha value is -0.610. The molecular weight excluding hydrogens is 204 g/mol. The highest BCUT2D eigenvalue weighted by atomic mass is 16.5. The molecule has 0 saturated heterocycles. The van der Waals surface area contributed by atoms with Crippen molar-refractivity contribution in [2.45, 2.75) is 32.7 Å². The zero-order chi connectivity index (χ0) is 12.8. The Bertz CT molecular complexity index is 219. The van der Waals surface area contributed by atoms with Crippen molar-refractivity contribution in [3.63, 3.8) is 0 Å². The summed E-state index contributed by atoms with van der Waals surface area (Å²) < 4.78 is 4.80. The largest absolute Gasteiger partial charge is 0.468 e. The third-order valence-corrected chi connectivity index (χ3v) is 2.86. The molecule has 1 unspecified atom stereocenters. The molecule has 0 aromatic heterocycles. The molecule has 96 valence electrons. The van der Waals surface area contributed by atoms with E-state index in [-0.39, 0.29) is 5.97 Å². The van der Waals surface area contributed by atoms with Crippen LogP contribution in [0.15, 0.2) is 0 Å². The summed E-state index contributed by atoms with van der Waals surface area (Å²) in [5, 5.41) is 3.03. The summed E-state index contributed by atoms with van der Waals surface area (Å²) in [6.45, 7) is 7.91. The fourth-order valence-electron chi connectivity index (χ4n) is 1.57. The van der Waals surface area contributed by atoms with Gasteiger partial charge in [0.05, 0.1) is 7.11 Å². The Labute approximate surface area is 99.3 Å². The quantitative estimate of drug-likeness (QED) is 0.665. The minimum atomic E-state index is -0.625. The number of nitrogens with one attached hydrogen (secondary N) is 1. The number of hydrogen-bond donors (Lipinski definition) is 1. The van der Waals surface area contributed by atoms with E-state index in [1.165, 1.54) is 7.11 Å². The molecule has 0 aromatic carbocycles. The van der Waals surface area contributed by atoms with E-state index in [9.17, 15) is 4.79 Å². The minimum Gasteiger partial charge on any atom is -0.468 e. The molecule has 0 saturated carbocycles. The van der Waals surface area contributed by atoms with Crippen molar-refractivity contribution in [3.05, 3.63) is 0 Å². The van der Waals surface area contributed by atoms with E-state index < -0.39 is 5.54 Å². The molecule has 4 heteroatoms. The standard InChI is InChI=1S/C12H26N2O2/c1-10(2)7-8-14(5)9-12(3,13-4)11(15)16-6/h10,13H,7-9H2,1-6H3. The molecule has 0 aliphatic rings. The molecule has 0 bridgehead atoms. The zero-order valence-electron chi connectivity index (χ0n) is 11.5. The summed E-state index contributed by atoms with van der Waals surface area (Å²) >= 11 is 0. The monoisotopic (exact) mass is 230 g/mol. The van der Waals surface area contributed by atoms with E-state index in [2.05, 4.69) is 24.1 Å². The molecule has 0 heterocycles. The molecule has 0 aromatic rings.